The summed E-state index contributed by atoms with van der Waals surface area (Å²) in [6, 6.07) is 0. The van der Waals surface area contributed by atoms with Crippen molar-refractivity contribution in [3.05, 3.63) is 0 Å². The Morgan fingerprint density at radius 3 is 0.790 bits per heavy atom. The third-order valence-electron chi connectivity index (χ3n) is 12.8. The van der Waals surface area contributed by atoms with Gasteiger partial charge >= 0.3 is 17.9 Å². The lowest BCUT2D eigenvalue weighted by molar-refractivity contribution is -0.167. The average molecular weight is 877 g/mol. The zero-order valence-electron chi connectivity index (χ0n) is 42.3. The molecule has 0 heterocycles. The third-order valence-corrected chi connectivity index (χ3v) is 12.8. The molecule has 0 unspecified atom stereocenters. The molecular formula is C56H108O6. The van der Waals surface area contributed by atoms with Crippen molar-refractivity contribution in [2.24, 2.45) is 5.92 Å². The van der Waals surface area contributed by atoms with Crippen molar-refractivity contribution >= 4 is 17.9 Å². The monoisotopic (exact) mass is 877 g/mol. The number of carbonyl (C=O) groups is 3. The Kier molecular flexibility index (Phi) is 49.1. The first kappa shape index (κ1) is 60.4. The first-order valence-corrected chi connectivity index (χ1v) is 27.9. The molecule has 0 spiro atoms. The van der Waals surface area contributed by atoms with Crippen LogP contribution in [-0.4, -0.2) is 37.2 Å². The third kappa shape index (κ3) is 49.4. The zero-order valence-corrected chi connectivity index (χ0v) is 42.3. The summed E-state index contributed by atoms with van der Waals surface area (Å²) in [5.41, 5.74) is 0. The van der Waals surface area contributed by atoms with E-state index in [9.17, 15) is 14.4 Å². The van der Waals surface area contributed by atoms with Crippen LogP contribution >= 0.6 is 0 Å². The van der Waals surface area contributed by atoms with Gasteiger partial charge in [-0.2, -0.15) is 0 Å². The van der Waals surface area contributed by atoms with Crippen molar-refractivity contribution in [3.8, 4) is 0 Å². The van der Waals surface area contributed by atoms with Crippen LogP contribution in [-0.2, 0) is 28.6 Å². The smallest absolute Gasteiger partial charge is 0.306 e. The summed E-state index contributed by atoms with van der Waals surface area (Å²) in [6.07, 6.45) is 53.8. The van der Waals surface area contributed by atoms with Crippen LogP contribution in [0.5, 0.6) is 0 Å². The van der Waals surface area contributed by atoms with E-state index in [1.165, 1.54) is 212 Å². The largest absolute Gasteiger partial charge is 0.462 e. The number of hydrogen-bond donors (Lipinski definition) is 0. The molecule has 0 aliphatic carbocycles. The van der Waals surface area contributed by atoms with Gasteiger partial charge in [-0.15, -0.1) is 0 Å². The number of ether oxygens (including phenoxy) is 3. The van der Waals surface area contributed by atoms with Gasteiger partial charge in [0.25, 0.3) is 0 Å². The summed E-state index contributed by atoms with van der Waals surface area (Å²) >= 11 is 0. The standard InChI is InChI=1S/C56H108O6/c1-5-7-9-11-13-15-17-24-28-32-36-40-44-48-55(58)61-51-53(50-60-54(57)47-43-39-35-31-16-14-12-10-8-6-2)62-56(59)49-45-41-37-33-29-26-23-21-19-18-20-22-25-27-30-34-38-42-46-52(3)4/h52-53H,5-51H2,1-4H3/t53-/m1/s1. The molecule has 0 radical (unpaired) electrons. The van der Waals surface area contributed by atoms with Crippen LogP contribution in [0.15, 0.2) is 0 Å². The summed E-state index contributed by atoms with van der Waals surface area (Å²) < 4.78 is 16.8. The van der Waals surface area contributed by atoms with Crippen LogP contribution in [0.1, 0.15) is 317 Å². The Morgan fingerprint density at radius 2 is 0.532 bits per heavy atom. The van der Waals surface area contributed by atoms with E-state index in [1.807, 2.05) is 0 Å². The molecular weight excluding hydrogens is 769 g/mol. The minimum absolute atomic E-state index is 0.0622. The molecule has 0 saturated heterocycles. The predicted octanol–water partition coefficient (Wildman–Crippen LogP) is 18.2. The van der Waals surface area contributed by atoms with Gasteiger partial charge in [0.1, 0.15) is 13.2 Å². The molecule has 0 aromatic heterocycles. The van der Waals surface area contributed by atoms with Gasteiger partial charge in [-0.1, -0.05) is 278 Å². The number of carbonyl (C=O) groups excluding carboxylic acids is 3. The maximum atomic E-state index is 12.8. The van der Waals surface area contributed by atoms with Gasteiger partial charge in [-0.25, -0.2) is 0 Å². The molecule has 368 valence electrons. The Morgan fingerprint density at radius 1 is 0.306 bits per heavy atom. The van der Waals surface area contributed by atoms with E-state index in [4.69, 9.17) is 14.2 Å². The average Bonchev–Trinajstić information content (AvgIpc) is 3.26. The number of unbranched alkanes of at least 4 members (excludes halogenated alkanes) is 38. The van der Waals surface area contributed by atoms with E-state index >= 15 is 0 Å². The molecule has 0 aliphatic rings. The molecule has 0 aromatic rings. The summed E-state index contributed by atoms with van der Waals surface area (Å²) in [7, 11) is 0. The molecule has 0 aromatic carbocycles. The summed E-state index contributed by atoms with van der Waals surface area (Å²) in [6.45, 7) is 9.05. The molecule has 0 saturated carbocycles. The van der Waals surface area contributed by atoms with Gasteiger partial charge in [0.05, 0.1) is 0 Å². The zero-order chi connectivity index (χ0) is 45.2. The predicted molar refractivity (Wildman–Crippen MR) is 266 cm³/mol. The van der Waals surface area contributed by atoms with Gasteiger partial charge in [0.2, 0.25) is 0 Å². The molecule has 0 amide bonds. The van der Waals surface area contributed by atoms with Crippen LogP contribution in [0.2, 0.25) is 0 Å². The minimum Gasteiger partial charge on any atom is -0.462 e. The number of rotatable bonds is 51. The van der Waals surface area contributed by atoms with Crippen molar-refractivity contribution in [2.45, 2.75) is 323 Å². The lowest BCUT2D eigenvalue weighted by atomic mass is 10.0. The Labute approximate surface area is 387 Å². The molecule has 0 aliphatic heterocycles. The van der Waals surface area contributed by atoms with Gasteiger partial charge in [0, 0.05) is 19.3 Å². The topological polar surface area (TPSA) is 78.9 Å². The maximum absolute atomic E-state index is 12.8. The van der Waals surface area contributed by atoms with Gasteiger partial charge in [0.15, 0.2) is 6.10 Å². The van der Waals surface area contributed by atoms with Crippen molar-refractivity contribution in [2.75, 3.05) is 13.2 Å². The highest BCUT2D eigenvalue weighted by Gasteiger charge is 2.19. The normalized spacial score (nSPS) is 12.0. The van der Waals surface area contributed by atoms with Gasteiger partial charge < -0.3 is 14.2 Å². The molecule has 0 bridgehead atoms. The number of hydrogen-bond acceptors (Lipinski definition) is 6. The fourth-order valence-electron chi connectivity index (χ4n) is 8.57. The molecule has 1 atom stereocenters. The van der Waals surface area contributed by atoms with E-state index in [0.29, 0.717) is 19.3 Å². The fourth-order valence-corrected chi connectivity index (χ4v) is 8.57. The van der Waals surface area contributed by atoms with E-state index in [-0.39, 0.29) is 31.1 Å². The second-order valence-corrected chi connectivity index (χ2v) is 19.7. The van der Waals surface area contributed by atoms with Crippen molar-refractivity contribution < 1.29 is 28.6 Å². The second-order valence-electron chi connectivity index (χ2n) is 19.7. The SMILES string of the molecule is CCCCCCCCCCCCCCCC(=O)OC[C@@H](COC(=O)CCCCCCCCCCCC)OC(=O)CCCCCCCCCCCCCCCCCCCCC(C)C. The van der Waals surface area contributed by atoms with Crippen LogP contribution in [0.4, 0.5) is 0 Å². The summed E-state index contributed by atoms with van der Waals surface area (Å²) in [5.74, 6) is 0.0179. The molecule has 0 fully saturated rings. The van der Waals surface area contributed by atoms with E-state index in [2.05, 4.69) is 27.7 Å². The molecule has 62 heavy (non-hydrogen) atoms. The quantitative estimate of drug-likeness (QED) is 0.0344. The van der Waals surface area contributed by atoms with E-state index in [1.54, 1.807) is 0 Å². The molecule has 0 rings (SSSR count). The second kappa shape index (κ2) is 50.4. The maximum Gasteiger partial charge on any atom is 0.306 e. The van der Waals surface area contributed by atoms with Crippen LogP contribution in [0.25, 0.3) is 0 Å². The number of esters is 3. The minimum atomic E-state index is -0.760. The van der Waals surface area contributed by atoms with Crippen LogP contribution < -0.4 is 0 Å². The first-order chi connectivity index (χ1) is 30.4. The van der Waals surface area contributed by atoms with Crippen molar-refractivity contribution in [1.29, 1.82) is 0 Å². The summed E-state index contributed by atoms with van der Waals surface area (Å²) in [4.78, 5) is 38.0. The lowest BCUT2D eigenvalue weighted by Gasteiger charge is -2.18. The van der Waals surface area contributed by atoms with Gasteiger partial charge in [-0.05, 0) is 25.2 Å². The van der Waals surface area contributed by atoms with Crippen LogP contribution in [0, 0.1) is 5.92 Å². The van der Waals surface area contributed by atoms with Crippen molar-refractivity contribution in [1.82, 2.24) is 0 Å². The molecule has 6 heteroatoms. The lowest BCUT2D eigenvalue weighted by Crippen LogP contribution is -2.30. The fraction of sp³-hybridized carbons (Fsp3) is 0.946. The Bertz CT molecular complexity index is 933. The molecule has 0 N–H and O–H groups in total. The van der Waals surface area contributed by atoms with Crippen LogP contribution in [0.3, 0.4) is 0 Å². The summed E-state index contributed by atoms with van der Waals surface area (Å²) in [5, 5.41) is 0. The van der Waals surface area contributed by atoms with Gasteiger partial charge in [-0.3, -0.25) is 14.4 Å². The Balaban J connectivity index is 4.21. The van der Waals surface area contributed by atoms with Crippen molar-refractivity contribution in [3.63, 3.8) is 0 Å². The first-order valence-electron chi connectivity index (χ1n) is 27.9. The highest BCUT2D eigenvalue weighted by Crippen LogP contribution is 2.18. The van der Waals surface area contributed by atoms with E-state index < -0.39 is 6.10 Å². The Hall–Kier alpha value is -1.59. The molecule has 6 nitrogen and oxygen atoms in total. The van der Waals surface area contributed by atoms with E-state index in [0.717, 1.165) is 63.7 Å². The highest BCUT2D eigenvalue weighted by atomic mass is 16.6. The highest BCUT2D eigenvalue weighted by molar-refractivity contribution is 5.71.